The molecule has 0 saturated heterocycles. The fourth-order valence-electron chi connectivity index (χ4n) is 9.06. The number of amides is 2. The van der Waals surface area contributed by atoms with E-state index in [1.807, 2.05) is 36.4 Å². The number of para-hydroxylation sites is 3. The molecule has 0 aliphatic carbocycles. The third kappa shape index (κ3) is 4.42. The molecule has 0 saturated carbocycles. The van der Waals surface area contributed by atoms with Crippen molar-refractivity contribution in [3.05, 3.63) is 187 Å². The third-order valence-corrected chi connectivity index (χ3v) is 11.7. The van der Waals surface area contributed by atoms with Crippen LogP contribution in [0.25, 0.3) is 88.1 Å². The van der Waals surface area contributed by atoms with Crippen molar-refractivity contribution in [2.24, 2.45) is 0 Å². The standard InChI is InChI=1S/C51H28N4O3/c52-29-32-17-20-34(28-47(32)55-50(56)38-12-1-2-13-39(38)51(55)57)54-44-15-7-4-10-36(44)41-26-31(19-23-46(41)54)30-18-22-45-40(25-30)35-9-3-6-14-43(35)53(45)33-21-24-49-42(27-33)37-11-5-8-16-48(37)58-49/h1-28H. The van der Waals surface area contributed by atoms with E-state index < -0.39 is 11.8 Å². The molecule has 1 aliphatic rings. The maximum atomic E-state index is 13.6. The SMILES string of the molecule is N#Cc1ccc(-n2c3ccccc3c3cc(-c4ccc5c(c4)c4ccccc4n5-c4ccc5oc6ccccc6c5c4)ccc32)cc1N1C(=O)c2ccccc2C1=O. The van der Waals surface area contributed by atoms with Crippen LogP contribution in [0.15, 0.2) is 174 Å². The normalized spacial score (nSPS) is 12.8. The van der Waals surface area contributed by atoms with Gasteiger partial charge in [-0.2, -0.15) is 5.26 Å². The van der Waals surface area contributed by atoms with E-state index in [-0.39, 0.29) is 11.3 Å². The van der Waals surface area contributed by atoms with Crippen molar-refractivity contribution in [1.29, 1.82) is 5.26 Å². The number of carbonyl (C=O) groups excluding carboxylic acids is 2. The summed E-state index contributed by atoms with van der Waals surface area (Å²) in [4.78, 5) is 28.3. The minimum Gasteiger partial charge on any atom is -0.456 e. The fourth-order valence-corrected chi connectivity index (χ4v) is 9.06. The first kappa shape index (κ1) is 32.1. The van der Waals surface area contributed by atoms with E-state index in [0.717, 1.165) is 87.6 Å². The van der Waals surface area contributed by atoms with Gasteiger partial charge in [0.1, 0.15) is 17.2 Å². The van der Waals surface area contributed by atoms with Crippen LogP contribution in [0.2, 0.25) is 0 Å². The number of hydrogen-bond acceptors (Lipinski definition) is 4. The van der Waals surface area contributed by atoms with Gasteiger partial charge in [0.05, 0.1) is 44.4 Å². The molecule has 0 N–H and O–H groups in total. The summed E-state index contributed by atoms with van der Waals surface area (Å²) < 4.78 is 10.6. The number of aromatic nitrogens is 2. The highest BCUT2D eigenvalue weighted by molar-refractivity contribution is 6.35. The summed E-state index contributed by atoms with van der Waals surface area (Å²) in [6, 6.07) is 58.9. The van der Waals surface area contributed by atoms with Gasteiger partial charge >= 0.3 is 0 Å². The van der Waals surface area contributed by atoms with Gasteiger partial charge in [-0.15, -0.1) is 0 Å². The number of imide groups is 1. The van der Waals surface area contributed by atoms with Gasteiger partial charge in [0.15, 0.2) is 0 Å². The first-order valence-electron chi connectivity index (χ1n) is 19.1. The minimum absolute atomic E-state index is 0.244. The highest BCUT2D eigenvalue weighted by Gasteiger charge is 2.37. The van der Waals surface area contributed by atoms with Crippen LogP contribution in [0.4, 0.5) is 5.69 Å². The summed E-state index contributed by atoms with van der Waals surface area (Å²) in [6.07, 6.45) is 0. The first-order valence-corrected chi connectivity index (χ1v) is 19.1. The zero-order valence-electron chi connectivity index (χ0n) is 30.7. The molecule has 0 spiro atoms. The van der Waals surface area contributed by atoms with Crippen LogP contribution in [0.3, 0.4) is 0 Å². The minimum atomic E-state index is -0.436. The molecule has 7 heteroatoms. The average molecular weight is 745 g/mol. The lowest BCUT2D eigenvalue weighted by molar-refractivity contribution is 0.0926. The number of nitriles is 1. The predicted molar refractivity (Wildman–Crippen MR) is 230 cm³/mol. The highest BCUT2D eigenvalue weighted by Crippen LogP contribution is 2.40. The molecule has 12 rings (SSSR count). The Morgan fingerprint density at radius 2 is 0.931 bits per heavy atom. The number of benzene rings is 8. The Balaban J connectivity index is 1.000. The van der Waals surface area contributed by atoms with Crippen molar-refractivity contribution in [3.8, 4) is 28.6 Å². The van der Waals surface area contributed by atoms with Crippen molar-refractivity contribution in [3.63, 3.8) is 0 Å². The van der Waals surface area contributed by atoms with Crippen LogP contribution in [0.5, 0.6) is 0 Å². The molecule has 3 aromatic heterocycles. The van der Waals surface area contributed by atoms with Crippen molar-refractivity contribution in [2.75, 3.05) is 4.90 Å². The Bertz CT molecular complexity index is 3620. The van der Waals surface area contributed by atoms with Gasteiger partial charge in [0.25, 0.3) is 11.8 Å². The van der Waals surface area contributed by atoms with E-state index in [2.05, 4.69) is 112 Å². The molecule has 1 aliphatic heterocycles. The van der Waals surface area contributed by atoms with Gasteiger partial charge in [-0.3, -0.25) is 9.59 Å². The Labute approximate surface area is 330 Å². The van der Waals surface area contributed by atoms with E-state index in [4.69, 9.17) is 4.42 Å². The van der Waals surface area contributed by atoms with Crippen LogP contribution in [-0.4, -0.2) is 20.9 Å². The number of nitrogens with zero attached hydrogens (tertiary/aromatic N) is 4. The maximum Gasteiger partial charge on any atom is 0.266 e. The molecule has 4 heterocycles. The second kappa shape index (κ2) is 11.9. The van der Waals surface area contributed by atoms with E-state index in [0.29, 0.717) is 11.1 Å². The molecule has 11 aromatic rings. The van der Waals surface area contributed by atoms with Crippen molar-refractivity contribution >= 4 is 83.1 Å². The Hall–Kier alpha value is -8.21. The molecule has 2 amide bonds. The lowest BCUT2D eigenvalue weighted by Crippen LogP contribution is -2.30. The summed E-state index contributed by atoms with van der Waals surface area (Å²) >= 11 is 0. The lowest BCUT2D eigenvalue weighted by Gasteiger charge is -2.18. The predicted octanol–water partition coefficient (Wildman–Crippen LogP) is 12.1. The van der Waals surface area contributed by atoms with Crippen molar-refractivity contribution in [1.82, 2.24) is 9.13 Å². The fraction of sp³-hybridized carbons (Fsp3) is 0. The second-order valence-corrected chi connectivity index (χ2v) is 14.8. The van der Waals surface area contributed by atoms with Gasteiger partial charge in [-0.25, -0.2) is 4.90 Å². The Kier molecular flexibility index (Phi) is 6.58. The van der Waals surface area contributed by atoms with E-state index in [9.17, 15) is 14.9 Å². The monoisotopic (exact) mass is 744 g/mol. The summed E-state index contributed by atoms with van der Waals surface area (Å²) in [5.74, 6) is -0.872. The van der Waals surface area contributed by atoms with Gasteiger partial charge in [-0.05, 0) is 102 Å². The maximum absolute atomic E-state index is 13.6. The van der Waals surface area contributed by atoms with Crippen LogP contribution in [0, 0.1) is 11.3 Å². The van der Waals surface area contributed by atoms with Crippen molar-refractivity contribution in [2.45, 2.75) is 0 Å². The topological polar surface area (TPSA) is 84.2 Å². The molecule has 0 fully saturated rings. The zero-order valence-corrected chi connectivity index (χ0v) is 30.7. The molecular formula is C51H28N4O3. The Morgan fingerprint density at radius 3 is 1.55 bits per heavy atom. The highest BCUT2D eigenvalue weighted by atomic mass is 16.3. The van der Waals surface area contributed by atoms with Crippen molar-refractivity contribution < 1.29 is 14.0 Å². The number of anilines is 1. The van der Waals surface area contributed by atoms with E-state index in [1.165, 1.54) is 5.39 Å². The lowest BCUT2D eigenvalue weighted by atomic mass is 10.0. The van der Waals surface area contributed by atoms with E-state index >= 15 is 0 Å². The molecule has 0 bridgehead atoms. The summed E-state index contributed by atoms with van der Waals surface area (Å²) in [5.41, 5.74) is 11.1. The summed E-state index contributed by atoms with van der Waals surface area (Å²) in [5, 5.41) is 16.7. The van der Waals surface area contributed by atoms with Crippen LogP contribution in [-0.2, 0) is 0 Å². The Morgan fingerprint density at radius 1 is 0.431 bits per heavy atom. The number of furan rings is 1. The molecule has 0 atom stereocenters. The summed E-state index contributed by atoms with van der Waals surface area (Å²) in [7, 11) is 0. The molecule has 270 valence electrons. The first-order chi connectivity index (χ1) is 28.6. The number of rotatable bonds is 4. The van der Waals surface area contributed by atoms with Gasteiger partial charge in [-0.1, -0.05) is 78.9 Å². The number of hydrogen-bond donors (Lipinski definition) is 0. The average Bonchev–Trinajstić information content (AvgIpc) is 3.99. The molecular weight excluding hydrogens is 717 g/mol. The summed E-state index contributed by atoms with van der Waals surface area (Å²) in [6.45, 7) is 0. The van der Waals surface area contributed by atoms with E-state index in [1.54, 1.807) is 36.4 Å². The van der Waals surface area contributed by atoms with Crippen LogP contribution >= 0.6 is 0 Å². The van der Waals surface area contributed by atoms with Gasteiger partial charge in [0, 0.05) is 43.7 Å². The molecule has 8 aromatic carbocycles. The quantitative estimate of drug-likeness (QED) is 0.168. The largest absolute Gasteiger partial charge is 0.456 e. The van der Waals surface area contributed by atoms with Gasteiger partial charge < -0.3 is 13.6 Å². The number of fused-ring (bicyclic) bond motifs is 10. The second-order valence-electron chi connectivity index (χ2n) is 14.8. The van der Waals surface area contributed by atoms with Gasteiger partial charge in [0.2, 0.25) is 0 Å². The zero-order chi connectivity index (χ0) is 38.6. The molecule has 0 radical (unpaired) electrons. The van der Waals surface area contributed by atoms with Crippen LogP contribution < -0.4 is 4.90 Å². The third-order valence-electron chi connectivity index (χ3n) is 11.7. The number of carbonyl (C=O) groups is 2. The molecule has 7 nitrogen and oxygen atoms in total. The smallest absolute Gasteiger partial charge is 0.266 e. The molecule has 58 heavy (non-hydrogen) atoms. The molecule has 0 unspecified atom stereocenters. The van der Waals surface area contributed by atoms with Crippen LogP contribution in [0.1, 0.15) is 26.3 Å².